The minimum atomic E-state index is -1.02. The summed E-state index contributed by atoms with van der Waals surface area (Å²) < 4.78 is 18.2. The number of ether oxygens (including phenoxy) is 3. The van der Waals surface area contributed by atoms with Crippen LogP contribution in [-0.4, -0.2) is 41.0 Å². The number of methoxy groups -OCH3 is 1. The molecule has 0 spiro atoms. The largest absolute Gasteiger partial charge is 0.493 e. The Morgan fingerprint density at radius 2 is 1.81 bits per heavy atom. The van der Waals surface area contributed by atoms with Crippen molar-refractivity contribution in [2.24, 2.45) is 5.92 Å². The van der Waals surface area contributed by atoms with E-state index in [4.69, 9.17) is 19.3 Å². The maximum Gasteiger partial charge on any atom is 0.404 e. The van der Waals surface area contributed by atoms with Gasteiger partial charge < -0.3 is 34.9 Å². The molecule has 1 fully saturated rings. The summed E-state index contributed by atoms with van der Waals surface area (Å²) in [6.07, 6.45) is 1.83. The number of aryl methyl sites for hydroxylation is 2. The Bertz CT molecular complexity index is 1250. The van der Waals surface area contributed by atoms with Crippen LogP contribution in [0.2, 0.25) is 0 Å². The third-order valence-electron chi connectivity index (χ3n) is 7.24. The van der Waals surface area contributed by atoms with Gasteiger partial charge in [0.05, 0.1) is 7.11 Å². The zero-order valence-corrected chi connectivity index (χ0v) is 21.2. The number of amides is 2. The van der Waals surface area contributed by atoms with E-state index in [0.29, 0.717) is 46.8 Å². The monoisotopic (exact) mass is 499 g/mol. The molecular formula is C26H33N3O7. The molecule has 10 nitrogen and oxygen atoms in total. The average Bonchev–Trinajstić information content (AvgIpc) is 3.18. The third-order valence-corrected chi connectivity index (χ3v) is 7.24. The Hall–Kier alpha value is -3.69. The van der Waals surface area contributed by atoms with E-state index < -0.39 is 11.9 Å². The Morgan fingerprint density at radius 3 is 2.42 bits per heavy atom. The van der Waals surface area contributed by atoms with Crippen molar-refractivity contribution in [2.45, 2.75) is 71.8 Å². The van der Waals surface area contributed by atoms with Crippen molar-refractivity contribution in [2.75, 3.05) is 7.11 Å². The Balaban J connectivity index is 1.53. The summed E-state index contributed by atoms with van der Waals surface area (Å²) in [6, 6.07) is 3.41. The van der Waals surface area contributed by atoms with Crippen LogP contribution in [0.3, 0.4) is 0 Å². The fourth-order valence-electron chi connectivity index (χ4n) is 5.21. The number of benzene rings is 1. The minimum Gasteiger partial charge on any atom is -0.493 e. The smallest absolute Gasteiger partial charge is 0.404 e. The first-order valence-electron chi connectivity index (χ1n) is 12.1. The Morgan fingerprint density at radius 1 is 1.14 bits per heavy atom. The molecule has 1 saturated carbocycles. The van der Waals surface area contributed by atoms with Crippen molar-refractivity contribution in [3.63, 3.8) is 0 Å². The highest BCUT2D eigenvalue weighted by molar-refractivity contribution is 5.97. The maximum absolute atomic E-state index is 13.2. The van der Waals surface area contributed by atoms with Crippen LogP contribution in [0, 0.1) is 26.7 Å². The molecule has 4 N–H and O–H groups in total. The number of hydrogen-bond acceptors (Lipinski definition) is 6. The average molecular weight is 500 g/mol. The molecule has 10 heteroatoms. The van der Waals surface area contributed by atoms with Crippen LogP contribution < -0.4 is 30.4 Å². The fourth-order valence-corrected chi connectivity index (χ4v) is 5.21. The summed E-state index contributed by atoms with van der Waals surface area (Å²) in [4.78, 5) is 39.2. The lowest BCUT2D eigenvalue weighted by Crippen LogP contribution is -2.47. The summed E-state index contributed by atoms with van der Waals surface area (Å²) in [5, 5.41) is 14.4. The number of carboxylic acid groups (broad SMARTS) is 1. The van der Waals surface area contributed by atoms with Crippen molar-refractivity contribution in [3.05, 3.63) is 50.4 Å². The number of carbonyl (C=O) groups is 2. The second-order valence-corrected chi connectivity index (χ2v) is 9.75. The molecule has 36 heavy (non-hydrogen) atoms. The van der Waals surface area contributed by atoms with E-state index in [2.05, 4.69) is 15.6 Å². The molecule has 0 radical (unpaired) electrons. The molecule has 1 aliphatic carbocycles. The van der Waals surface area contributed by atoms with Crippen LogP contribution in [0.15, 0.2) is 16.9 Å². The van der Waals surface area contributed by atoms with Crippen LogP contribution in [0.5, 0.6) is 17.2 Å². The van der Waals surface area contributed by atoms with Crippen LogP contribution in [-0.2, 0) is 6.54 Å². The predicted octanol–water partition coefficient (Wildman–Crippen LogP) is 3.55. The Labute approximate surface area is 209 Å². The SMILES string of the molecule is COc1cc(C(=O)NCc2c(C)cc(C)[nH]c2=O)c(C)c2c1OC(C)(C1CCC(NC(=O)O)CC1)O2. The van der Waals surface area contributed by atoms with Gasteiger partial charge in [0, 0.05) is 47.8 Å². The number of aromatic nitrogens is 1. The normalized spacial score (nSPS) is 22.7. The van der Waals surface area contributed by atoms with Gasteiger partial charge in [0.25, 0.3) is 17.3 Å². The number of aromatic amines is 1. The molecule has 2 amide bonds. The molecule has 0 saturated heterocycles. The first kappa shape index (κ1) is 25.4. The molecule has 1 unspecified atom stereocenters. The van der Waals surface area contributed by atoms with Crippen molar-refractivity contribution < 1.29 is 28.9 Å². The highest BCUT2D eigenvalue weighted by Gasteiger charge is 2.48. The van der Waals surface area contributed by atoms with Crippen molar-refractivity contribution in [1.29, 1.82) is 0 Å². The second kappa shape index (κ2) is 9.75. The summed E-state index contributed by atoms with van der Waals surface area (Å²) in [7, 11) is 1.50. The molecule has 1 aliphatic heterocycles. The topological polar surface area (TPSA) is 139 Å². The molecule has 1 atom stereocenters. The zero-order chi connectivity index (χ0) is 26.2. The maximum atomic E-state index is 13.2. The lowest BCUT2D eigenvalue weighted by Gasteiger charge is -2.37. The van der Waals surface area contributed by atoms with Gasteiger partial charge >= 0.3 is 6.09 Å². The number of nitrogens with one attached hydrogen (secondary N) is 3. The first-order valence-corrected chi connectivity index (χ1v) is 12.1. The molecule has 0 bridgehead atoms. The van der Waals surface area contributed by atoms with Gasteiger partial charge in [-0.2, -0.15) is 0 Å². The third kappa shape index (κ3) is 4.84. The second-order valence-electron chi connectivity index (χ2n) is 9.75. The van der Waals surface area contributed by atoms with Gasteiger partial charge in [-0.1, -0.05) is 0 Å². The van der Waals surface area contributed by atoms with E-state index in [-0.39, 0.29) is 30.0 Å². The molecule has 4 rings (SSSR count). The van der Waals surface area contributed by atoms with E-state index >= 15 is 0 Å². The zero-order valence-electron chi connectivity index (χ0n) is 21.2. The Kier molecular flexibility index (Phi) is 6.88. The van der Waals surface area contributed by atoms with E-state index in [9.17, 15) is 14.4 Å². The number of fused-ring (bicyclic) bond motifs is 1. The standard InChI is InChI=1S/C26H33N3O7/c1-13-10-14(2)28-24(31)19(13)12-27-23(30)18-11-20(34-5)22-21(15(18)3)35-26(4,36-22)16-6-8-17(9-7-16)29-25(32)33/h10-11,16-17,29H,6-9,12H2,1-5H3,(H,27,30)(H,28,31)(H,32,33). The quantitative estimate of drug-likeness (QED) is 0.477. The van der Waals surface area contributed by atoms with Gasteiger partial charge in [-0.25, -0.2) is 4.79 Å². The summed E-state index contributed by atoms with van der Waals surface area (Å²) in [5.74, 6) is 0.00774. The lowest BCUT2D eigenvalue weighted by atomic mass is 9.81. The molecule has 2 heterocycles. The molecular weight excluding hydrogens is 466 g/mol. The van der Waals surface area contributed by atoms with Gasteiger partial charge in [0.2, 0.25) is 5.75 Å². The van der Waals surface area contributed by atoms with Crippen LogP contribution in [0.1, 0.15) is 65.3 Å². The summed E-state index contributed by atoms with van der Waals surface area (Å²) in [6.45, 7) is 7.39. The van der Waals surface area contributed by atoms with E-state index in [1.165, 1.54) is 7.11 Å². The van der Waals surface area contributed by atoms with Gasteiger partial charge in [0.1, 0.15) is 0 Å². The number of carbonyl (C=O) groups excluding carboxylic acids is 1. The highest BCUT2D eigenvalue weighted by atomic mass is 16.7. The number of hydrogen-bond donors (Lipinski definition) is 4. The van der Waals surface area contributed by atoms with Gasteiger partial charge in [0.15, 0.2) is 11.5 Å². The van der Waals surface area contributed by atoms with Crippen LogP contribution in [0.25, 0.3) is 0 Å². The van der Waals surface area contributed by atoms with Gasteiger partial charge in [-0.05, 0) is 64.2 Å². The minimum absolute atomic E-state index is 0.0364. The summed E-state index contributed by atoms with van der Waals surface area (Å²) in [5.41, 5.74) is 2.83. The van der Waals surface area contributed by atoms with Crippen LogP contribution >= 0.6 is 0 Å². The predicted molar refractivity (Wildman–Crippen MR) is 132 cm³/mol. The number of rotatable bonds is 6. The van der Waals surface area contributed by atoms with Crippen molar-refractivity contribution >= 4 is 12.0 Å². The van der Waals surface area contributed by atoms with E-state index in [1.807, 2.05) is 26.8 Å². The number of H-pyrrole nitrogens is 1. The first-order chi connectivity index (χ1) is 17.0. The number of pyridine rings is 1. The highest BCUT2D eigenvalue weighted by Crippen LogP contribution is 2.52. The van der Waals surface area contributed by atoms with Crippen molar-refractivity contribution in [3.8, 4) is 17.2 Å². The van der Waals surface area contributed by atoms with E-state index in [0.717, 1.165) is 24.1 Å². The lowest BCUT2D eigenvalue weighted by molar-refractivity contribution is -0.121. The molecule has 1 aromatic carbocycles. The van der Waals surface area contributed by atoms with Gasteiger partial charge in [-0.15, -0.1) is 0 Å². The molecule has 2 aliphatic rings. The van der Waals surface area contributed by atoms with Crippen LogP contribution in [0.4, 0.5) is 4.79 Å². The molecule has 1 aromatic heterocycles. The van der Waals surface area contributed by atoms with E-state index in [1.54, 1.807) is 13.0 Å². The van der Waals surface area contributed by atoms with Crippen molar-refractivity contribution in [1.82, 2.24) is 15.6 Å². The molecule has 194 valence electrons. The molecule has 2 aromatic rings. The summed E-state index contributed by atoms with van der Waals surface area (Å²) >= 11 is 0. The van der Waals surface area contributed by atoms with Gasteiger partial charge in [-0.3, -0.25) is 9.59 Å². The fraction of sp³-hybridized carbons (Fsp3) is 0.500.